The van der Waals surface area contributed by atoms with E-state index in [4.69, 9.17) is 5.73 Å². The molecule has 4 heteroatoms. The van der Waals surface area contributed by atoms with Gasteiger partial charge in [-0.05, 0) is 12.2 Å². The SMILES string of the molecule is CSc1ncc(N)c(C(C)C)n1. The summed E-state index contributed by atoms with van der Waals surface area (Å²) in [5, 5.41) is 0.785. The summed E-state index contributed by atoms with van der Waals surface area (Å²) in [5.41, 5.74) is 7.33. The van der Waals surface area contributed by atoms with Gasteiger partial charge in [0.05, 0.1) is 17.6 Å². The zero-order valence-corrected chi connectivity index (χ0v) is 8.35. The van der Waals surface area contributed by atoms with Crippen LogP contribution in [0.4, 0.5) is 5.69 Å². The summed E-state index contributed by atoms with van der Waals surface area (Å²) in [4.78, 5) is 8.38. The molecule has 0 spiro atoms. The molecule has 0 radical (unpaired) electrons. The number of nitrogens with two attached hydrogens (primary N) is 1. The number of anilines is 1. The molecule has 0 aliphatic carbocycles. The quantitative estimate of drug-likeness (QED) is 0.562. The molecule has 0 saturated heterocycles. The van der Waals surface area contributed by atoms with Crippen LogP contribution in [0.15, 0.2) is 11.4 Å². The predicted molar refractivity (Wildman–Crippen MR) is 52.3 cm³/mol. The number of thioether (sulfide) groups is 1. The molecule has 0 aliphatic heterocycles. The lowest BCUT2D eigenvalue weighted by Gasteiger charge is -2.07. The Morgan fingerprint density at radius 3 is 2.67 bits per heavy atom. The van der Waals surface area contributed by atoms with E-state index in [1.54, 1.807) is 6.20 Å². The Morgan fingerprint density at radius 2 is 2.17 bits per heavy atom. The monoisotopic (exact) mass is 183 g/mol. The summed E-state index contributed by atoms with van der Waals surface area (Å²) in [6.07, 6.45) is 3.63. The molecule has 0 amide bonds. The number of aromatic nitrogens is 2. The highest BCUT2D eigenvalue weighted by molar-refractivity contribution is 7.98. The zero-order chi connectivity index (χ0) is 9.14. The highest BCUT2D eigenvalue weighted by Gasteiger charge is 2.07. The standard InChI is InChI=1S/C8H13N3S/c1-5(2)7-6(9)4-10-8(11-7)12-3/h4-5H,9H2,1-3H3. The average molecular weight is 183 g/mol. The summed E-state index contributed by atoms with van der Waals surface area (Å²) < 4.78 is 0. The van der Waals surface area contributed by atoms with E-state index in [0.717, 1.165) is 10.9 Å². The first-order chi connectivity index (χ1) is 5.65. The van der Waals surface area contributed by atoms with E-state index in [1.165, 1.54) is 11.8 Å². The summed E-state index contributed by atoms with van der Waals surface area (Å²) in [7, 11) is 0. The summed E-state index contributed by atoms with van der Waals surface area (Å²) in [6, 6.07) is 0. The lowest BCUT2D eigenvalue weighted by atomic mass is 10.1. The smallest absolute Gasteiger partial charge is 0.187 e. The van der Waals surface area contributed by atoms with E-state index in [1.807, 2.05) is 6.26 Å². The molecule has 66 valence electrons. The van der Waals surface area contributed by atoms with Crippen molar-refractivity contribution in [2.24, 2.45) is 0 Å². The fourth-order valence-electron chi connectivity index (χ4n) is 0.948. The lowest BCUT2D eigenvalue weighted by molar-refractivity contribution is 0.784. The van der Waals surface area contributed by atoms with Crippen molar-refractivity contribution in [1.29, 1.82) is 0 Å². The Labute approximate surface area is 76.8 Å². The highest BCUT2D eigenvalue weighted by Crippen LogP contribution is 2.20. The van der Waals surface area contributed by atoms with E-state index in [2.05, 4.69) is 23.8 Å². The van der Waals surface area contributed by atoms with Crippen LogP contribution in [-0.4, -0.2) is 16.2 Å². The van der Waals surface area contributed by atoms with Crippen molar-refractivity contribution < 1.29 is 0 Å². The van der Waals surface area contributed by atoms with Crippen LogP contribution in [0.2, 0.25) is 0 Å². The summed E-state index contributed by atoms with van der Waals surface area (Å²) in [6.45, 7) is 4.14. The topological polar surface area (TPSA) is 51.8 Å². The van der Waals surface area contributed by atoms with Crippen molar-refractivity contribution in [2.45, 2.75) is 24.9 Å². The molecule has 1 heterocycles. The fraction of sp³-hybridized carbons (Fsp3) is 0.500. The van der Waals surface area contributed by atoms with Crippen LogP contribution in [0.25, 0.3) is 0 Å². The Morgan fingerprint density at radius 1 is 1.50 bits per heavy atom. The first-order valence-corrected chi connectivity index (χ1v) is 5.04. The molecule has 0 fully saturated rings. The predicted octanol–water partition coefficient (Wildman–Crippen LogP) is 1.90. The van der Waals surface area contributed by atoms with Crippen molar-refractivity contribution in [3.63, 3.8) is 0 Å². The van der Waals surface area contributed by atoms with Gasteiger partial charge >= 0.3 is 0 Å². The molecule has 1 aromatic rings. The molecular formula is C8H13N3S. The minimum Gasteiger partial charge on any atom is -0.396 e. The lowest BCUT2D eigenvalue weighted by Crippen LogP contribution is -2.02. The van der Waals surface area contributed by atoms with Gasteiger partial charge in [-0.2, -0.15) is 0 Å². The first kappa shape index (κ1) is 9.32. The molecule has 0 unspecified atom stereocenters. The van der Waals surface area contributed by atoms with Crippen LogP contribution in [-0.2, 0) is 0 Å². The fourth-order valence-corrected chi connectivity index (χ4v) is 1.30. The van der Waals surface area contributed by atoms with Gasteiger partial charge in [0.2, 0.25) is 0 Å². The van der Waals surface area contributed by atoms with E-state index < -0.39 is 0 Å². The van der Waals surface area contributed by atoms with Gasteiger partial charge in [0, 0.05) is 0 Å². The van der Waals surface area contributed by atoms with E-state index in [-0.39, 0.29) is 0 Å². The van der Waals surface area contributed by atoms with Crippen LogP contribution >= 0.6 is 11.8 Å². The normalized spacial score (nSPS) is 10.7. The number of nitrogens with zero attached hydrogens (tertiary/aromatic N) is 2. The third-order valence-electron chi connectivity index (χ3n) is 1.56. The maximum absolute atomic E-state index is 5.71. The van der Waals surface area contributed by atoms with Crippen LogP contribution in [0.1, 0.15) is 25.5 Å². The number of hydrogen-bond donors (Lipinski definition) is 1. The molecular weight excluding hydrogens is 170 g/mol. The Kier molecular flexibility index (Phi) is 2.92. The minimum absolute atomic E-state index is 0.360. The van der Waals surface area contributed by atoms with Gasteiger partial charge in [-0.15, -0.1) is 0 Å². The minimum atomic E-state index is 0.360. The van der Waals surface area contributed by atoms with Crippen LogP contribution in [0, 0.1) is 0 Å². The van der Waals surface area contributed by atoms with E-state index in [9.17, 15) is 0 Å². The van der Waals surface area contributed by atoms with E-state index >= 15 is 0 Å². The highest BCUT2D eigenvalue weighted by atomic mass is 32.2. The molecule has 2 N–H and O–H groups in total. The Hall–Kier alpha value is -0.770. The van der Waals surface area contributed by atoms with Crippen molar-refractivity contribution in [2.75, 3.05) is 12.0 Å². The van der Waals surface area contributed by atoms with Crippen molar-refractivity contribution >= 4 is 17.4 Å². The van der Waals surface area contributed by atoms with Gasteiger partial charge in [-0.3, -0.25) is 0 Å². The van der Waals surface area contributed by atoms with Crippen LogP contribution < -0.4 is 5.73 Å². The third kappa shape index (κ3) is 1.88. The van der Waals surface area contributed by atoms with Gasteiger partial charge in [0.15, 0.2) is 5.16 Å². The van der Waals surface area contributed by atoms with Gasteiger partial charge in [-0.1, -0.05) is 25.6 Å². The molecule has 0 saturated carbocycles. The molecule has 0 aromatic carbocycles. The van der Waals surface area contributed by atoms with Gasteiger partial charge in [0.25, 0.3) is 0 Å². The van der Waals surface area contributed by atoms with Crippen molar-refractivity contribution in [3.05, 3.63) is 11.9 Å². The summed E-state index contributed by atoms with van der Waals surface area (Å²) in [5.74, 6) is 0.360. The van der Waals surface area contributed by atoms with Crippen molar-refractivity contribution in [3.8, 4) is 0 Å². The van der Waals surface area contributed by atoms with Gasteiger partial charge < -0.3 is 5.73 Å². The number of nitrogen functional groups attached to an aromatic ring is 1. The molecule has 1 rings (SSSR count). The molecule has 1 aromatic heterocycles. The zero-order valence-electron chi connectivity index (χ0n) is 7.53. The van der Waals surface area contributed by atoms with Crippen LogP contribution in [0.3, 0.4) is 0 Å². The average Bonchev–Trinajstić information content (AvgIpc) is 2.05. The van der Waals surface area contributed by atoms with Crippen molar-refractivity contribution in [1.82, 2.24) is 9.97 Å². The van der Waals surface area contributed by atoms with Crippen LogP contribution in [0.5, 0.6) is 0 Å². The second-order valence-corrected chi connectivity index (χ2v) is 3.63. The Bertz CT molecular complexity index is 273. The molecule has 0 bridgehead atoms. The Balaban J connectivity index is 3.08. The third-order valence-corrected chi connectivity index (χ3v) is 2.12. The van der Waals surface area contributed by atoms with Gasteiger partial charge in [-0.25, -0.2) is 9.97 Å². The second kappa shape index (κ2) is 3.76. The molecule has 3 nitrogen and oxygen atoms in total. The number of rotatable bonds is 2. The summed E-state index contributed by atoms with van der Waals surface area (Å²) >= 11 is 1.53. The number of hydrogen-bond acceptors (Lipinski definition) is 4. The largest absolute Gasteiger partial charge is 0.396 e. The molecule has 12 heavy (non-hydrogen) atoms. The van der Waals surface area contributed by atoms with E-state index in [0.29, 0.717) is 11.6 Å². The maximum atomic E-state index is 5.71. The first-order valence-electron chi connectivity index (χ1n) is 3.81. The van der Waals surface area contributed by atoms with Gasteiger partial charge in [0.1, 0.15) is 0 Å². The maximum Gasteiger partial charge on any atom is 0.187 e. The molecule has 0 aliphatic rings. The second-order valence-electron chi connectivity index (χ2n) is 2.85. The molecule has 0 atom stereocenters.